The van der Waals surface area contributed by atoms with E-state index in [1.165, 1.54) is 0 Å². The number of epoxide rings is 3. The van der Waals surface area contributed by atoms with E-state index < -0.39 is 34.2 Å². The number of nitrogens with zero attached hydrogens (tertiary/aromatic N) is 3. The first-order chi connectivity index (χ1) is 9.72. The summed E-state index contributed by atoms with van der Waals surface area (Å²) in [6.07, 6.45) is 0. The van der Waals surface area contributed by atoms with Gasteiger partial charge in [-0.1, -0.05) is 0 Å². The van der Waals surface area contributed by atoms with Gasteiger partial charge in [0.05, 0.1) is 19.8 Å². The summed E-state index contributed by atoms with van der Waals surface area (Å²) in [5.41, 5.74) is -5.19. The lowest BCUT2D eigenvalue weighted by Crippen LogP contribution is -2.61. The molecule has 0 spiro atoms. The van der Waals surface area contributed by atoms with Crippen molar-refractivity contribution < 1.29 is 14.2 Å². The molecule has 0 saturated carbocycles. The van der Waals surface area contributed by atoms with Crippen LogP contribution in [0.25, 0.3) is 0 Å². The lowest BCUT2D eigenvalue weighted by Gasteiger charge is -2.19. The quantitative estimate of drug-likeness (QED) is 0.615. The van der Waals surface area contributed by atoms with E-state index in [9.17, 15) is 14.4 Å². The number of hydrogen-bond donors (Lipinski definition) is 0. The standard InChI is InChI=1S/C12H15N3O6/c1-10(4-19-10)13-7(16)14(11(2)5-20-11)9(18)15(8(13)17)12(3)6-21-12/h4-6H2,1-3H3. The minimum atomic E-state index is -1.01. The number of rotatable bonds is 3. The molecular formula is C12H15N3O6. The molecule has 0 aliphatic carbocycles. The van der Waals surface area contributed by atoms with Crippen LogP contribution in [0.2, 0.25) is 0 Å². The molecule has 0 aromatic carbocycles. The fraction of sp³-hybridized carbons (Fsp3) is 0.750. The highest BCUT2D eigenvalue weighted by Gasteiger charge is 2.53. The second-order valence-corrected chi connectivity index (χ2v) is 6.25. The van der Waals surface area contributed by atoms with Gasteiger partial charge in [0.15, 0.2) is 17.2 Å². The summed E-state index contributed by atoms with van der Waals surface area (Å²) in [4.78, 5) is 37.8. The molecule has 3 atom stereocenters. The lowest BCUT2D eigenvalue weighted by atomic mass is 10.3. The van der Waals surface area contributed by atoms with Crippen molar-refractivity contribution in [3.63, 3.8) is 0 Å². The second kappa shape index (κ2) is 3.37. The Morgan fingerprint density at radius 1 is 0.667 bits per heavy atom. The first kappa shape index (κ1) is 13.0. The van der Waals surface area contributed by atoms with Crippen molar-refractivity contribution in [3.8, 4) is 0 Å². The second-order valence-electron chi connectivity index (χ2n) is 6.25. The van der Waals surface area contributed by atoms with Gasteiger partial charge >= 0.3 is 17.1 Å². The highest BCUT2D eigenvalue weighted by Crippen LogP contribution is 2.33. The Morgan fingerprint density at radius 2 is 0.857 bits per heavy atom. The molecule has 0 amide bonds. The van der Waals surface area contributed by atoms with Gasteiger partial charge in [-0.05, 0) is 20.8 Å². The molecule has 3 fully saturated rings. The third-order valence-electron chi connectivity index (χ3n) is 4.25. The van der Waals surface area contributed by atoms with Crippen LogP contribution in [-0.4, -0.2) is 33.5 Å². The molecule has 114 valence electrons. The molecule has 3 aliphatic rings. The number of ether oxygens (including phenoxy) is 3. The van der Waals surface area contributed by atoms with Crippen LogP contribution >= 0.6 is 0 Å². The molecule has 0 bridgehead atoms. The maximum absolute atomic E-state index is 12.6. The summed E-state index contributed by atoms with van der Waals surface area (Å²) >= 11 is 0. The zero-order valence-corrected chi connectivity index (χ0v) is 11.9. The zero-order valence-electron chi connectivity index (χ0n) is 11.9. The van der Waals surface area contributed by atoms with Crippen molar-refractivity contribution in [2.75, 3.05) is 19.8 Å². The van der Waals surface area contributed by atoms with Crippen molar-refractivity contribution in [2.45, 2.75) is 37.9 Å². The van der Waals surface area contributed by atoms with Crippen LogP contribution < -0.4 is 17.1 Å². The van der Waals surface area contributed by atoms with Gasteiger partial charge in [-0.3, -0.25) is 0 Å². The molecular weight excluding hydrogens is 282 g/mol. The molecule has 3 unspecified atom stereocenters. The topological polar surface area (TPSA) is 104 Å². The highest BCUT2D eigenvalue weighted by atomic mass is 16.6. The molecule has 9 heteroatoms. The molecule has 21 heavy (non-hydrogen) atoms. The Kier molecular flexibility index (Phi) is 2.08. The molecule has 0 N–H and O–H groups in total. The van der Waals surface area contributed by atoms with Crippen LogP contribution in [0.1, 0.15) is 20.8 Å². The summed E-state index contributed by atoms with van der Waals surface area (Å²) < 4.78 is 18.5. The largest absolute Gasteiger partial charge is 0.348 e. The van der Waals surface area contributed by atoms with E-state index in [-0.39, 0.29) is 19.8 Å². The number of aromatic nitrogens is 3. The summed E-state index contributed by atoms with van der Waals surface area (Å²) in [7, 11) is 0. The highest BCUT2D eigenvalue weighted by molar-refractivity contribution is 4.99. The fourth-order valence-corrected chi connectivity index (χ4v) is 2.46. The average molecular weight is 297 g/mol. The Hall–Kier alpha value is -1.71. The van der Waals surface area contributed by atoms with Crippen LogP contribution in [0, 0.1) is 0 Å². The lowest BCUT2D eigenvalue weighted by molar-refractivity contribution is 0.158. The average Bonchev–Trinajstić information content (AvgIpc) is 3.26. The van der Waals surface area contributed by atoms with Crippen LogP contribution in [0.3, 0.4) is 0 Å². The molecule has 3 saturated heterocycles. The molecule has 3 aliphatic heterocycles. The van der Waals surface area contributed by atoms with E-state index in [1.807, 2.05) is 0 Å². The Morgan fingerprint density at radius 3 is 1.00 bits per heavy atom. The minimum Gasteiger partial charge on any atom is -0.348 e. The van der Waals surface area contributed by atoms with Crippen molar-refractivity contribution in [1.29, 1.82) is 0 Å². The first-order valence-electron chi connectivity index (χ1n) is 6.66. The third kappa shape index (κ3) is 1.59. The van der Waals surface area contributed by atoms with Gasteiger partial charge in [0.25, 0.3) is 0 Å². The van der Waals surface area contributed by atoms with Crippen molar-refractivity contribution >= 4 is 0 Å². The van der Waals surface area contributed by atoms with E-state index in [2.05, 4.69) is 0 Å². The molecule has 4 rings (SSSR count). The van der Waals surface area contributed by atoms with Gasteiger partial charge in [-0.25, -0.2) is 28.1 Å². The van der Waals surface area contributed by atoms with Crippen molar-refractivity contribution in [3.05, 3.63) is 31.5 Å². The van der Waals surface area contributed by atoms with Gasteiger partial charge in [0.1, 0.15) is 0 Å². The van der Waals surface area contributed by atoms with Crippen LogP contribution in [0.5, 0.6) is 0 Å². The molecule has 4 heterocycles. The third-order valence-corrected chi connectivity index (χ3v) is 4.25. The summed E-state index contributed by atoms with van der Waals surface area (Å²) in [6, 6.07) is 0. The Balaban J connectivity index is 2.12. The number of hydrogen-bond acceptors (Lipinski definition) is 6. The van der Waals surface area contributed by atoms with Crippen molar-refractivity contribution in [1.82, 2.24) is 13.7 Å². The maximum atomic E-state index is 12.6. The summed E-state index contributed by atoms with van der Waals surface area (Å²) in [6.45, 7) is 5.61. The zero-order chi connectivity index (χ0) is 15.2. The molecule has 0 radical (unpaired) electrons. The fourth-order valence-electron chi connectivity index (χ4n) is 2.46. The van der Waals surface area contributed by atoms with Crippen molar-refractivity contribution in [2.24, 2.45) is 0 Å². The Labute approximate surface area is 118 Å². The normalized spacial score (nSPS) is 40.1. The van der Waals surface area contributed by atoms with Gasteiger partial charge in [-0.15, -0.1) is 0 Å². The molecule has 9 nitrogen and oxygen atoms in total. The van der Waals surface area contributed by atoms with E-state index in [0.29, 0.717) is 0 Å². The van der Waals surface area contributed by atoms with Crippen LogP contribution in [0.4, 0.5) is 0 Å². The maximum Gasteiger partial charge on any atom is 0.341 e. The first-order valence-corrected chi connectivity index (χ1v) is 6.66. The van der Waals surface area contributed by atoms with Gasteiger partial charge in [0, 0.05) is 0 Å². The van der Waals surface area contributed by atoms with Gasteiger partial charge < -0.3 is 14.2 Å². The summed E-state index contributed by atoms with van der Waals surface area (Å²) in [5.74, 6) is 0. The van der Waals surface area contributed by atoms with E-state index in [0.717, 1.165) is 13.7 Å². The predicted molar refractivity (Wildman–Crippen MR) is 68.0 cm³/mol. The summed E-state index contributed by atoms with van der Waals surface area (Å²) in [5, 5.41) is 0. The van der Waals surface area contributed by atoms with Gasteiger partial charge in [0.2, 0.25) is 0 Å². The Bertz CT molecular complexity index is 679. The van der Waals surface area contributed by atoms with E-state index in [4.69, 9.17) is 14.2 Å². The monoisotopic (exact) mass is 297 g/mol. The van der Waals surface area contributed by atoms with Crippen LogP contribution in [0.15, 0.2) is 14.4 Å². The molecule has 1 aromatic rings. The van der Waals surface area contributed by atoms with E-state index in [1.54, 1.807) is 20.8 Å². The minimum absolute atomic E-state index is 0.246. The predicted octanol–water partition coefficient (Wildman–Crippen LogP) is -1.72. The van der Waals surface area contributed by atoms with E-state index >= 15 is 0 Å². The van der Waals surface area contributed by atoms with Crippen LogP contribution in [-0.2, 0) is 31.4 Å². The smallest absolute Gasteiger partial charge is 0.341 e. The molecule has 1 aromatic heterocycles. The SMILES string of the molecule is CC1(n2c(=O)n(C3(C)CO3)c(=O)n(C3(C)CO3)c2=O)CO1. The van der Waals surface area contributed by atoms with Gasteiger partial charge in [-0.2, -0.15) is 0 Å².